The Morgan fingerprint density at radius 1 is 0.952 bits per heavy atom. The van der Waals surface area contributed by atoms with Gasteiger partial charge in [0, 0.05) is 25.9 Å². The van der Waals surface area contributed by atoms with Crippen molar-refractivity contribution in [3.8, 4) is 0 Å². The summed E-state index contributed by atoms with van der Waals surface area (Å²) in [6.07, 6.45) is -0.615. The van der Waals surface area contributed by atoms with Crippen molar-refractivity contribution in [1.29, 1.82) is 0 Å². The van der Waals surface area contributed by atoms with Gasteiger partial charge in [-0.15, -0.1) is 0 Å². The molecular formula is C15H26FNO4. The van der Waals surface area contributed by atoms with Crippen molar-refractivity contribution in [3.63, 3.8) is 0 Å². The predicted octanol–water partition coefficient (Wildman–Crippen LogP) is 3.07. The monoisotopic (exact) mass is 303 g/mol. The molecule has 0 unspecified atom stereocenters. The number of hydrogen-bond donors (Lipinski definition) is 0. The molecule has 1 heterocycles. The Labute approximate surface area is 125 Å². The zero-order valence-corrected chi connectivity index (χ0v) is 13.8. The molecule has 1 aliphatic heterocycles. The van der Waals surface area contributed by atoms with E-state index < -0.39 is 28.9 Å². The summed E-state index contributed by atoms with van der Waals surface area (Å²) in [6, 6.07) is 0. The molecule has 0 atom stereocenters. The third-order valence-electron chi connectivity index (χ3n) is 2.97. The van der Waals surface area contributed by atoms with Gasteiger partial charge in [0.2, 0.25) is 5.67 Å². The molecule has 0 aliphatic carbocycles. The molecule has 6 heteroatoms. The number of nitrogens with zero attached hydrogens (tertiary/aromatic N) is 1. The fraction of sp³-hybridized carbons (Fsp3) is 0.867. The van der Waals surface area contributed by atoms with Crippen LogP contribution in [0.15, 0.2) is 0 Å². The standard InChI is InChI=1S/C15H26FNO4/c1-13(2,3)20-11(18)15(16)7-9-17(10-8-15)12(19)21-14(4,5)6/h7-10H2,1-6H3. The van der Waals surface area contributed by atoms with Crippen molar-refractivity contribution in [2.45, 2.75) is 71.3 Å². The number of rotatable bonds is 1. The van der Waals surface area contributed by atoms with Gasteiger partial charge in [0.05, 0.1) is 0 Å². The number of piperidine rings is 1. The Bertz CT molecular complexity index is 401. The van der Waals surface area contributed by atoms with Gasteiger partial charge in [0.1, 0.15) is 11.2 Å². The molecule has 1 rings (SSSR count). The van der Waals surface area contributed by atoms with Crippen LogP contribution in [0.3, 0.4) is 0 Å². The minimum absolute atomic E-state index is 0.0683. The predicted molar refractivity (Wildman–Crippen MR) is 76.7 cm³/mol. The molecule has 0 N–H and O–H groups in total. The second kappa shape index (κ2) is 5.81. The number of ether oxygens (including phenoxy) is 2. The summed E-state index contributed by atoms with van der Waals surface area (Å²) in [5.74, 6) is -0.848. The van der Waals surface area contributed by atoms with E-state index in [9.17, 15) is 14.0 Å². The summed E-state index contributed by atoms with van der Waals surface area (Å²) >= 11 is 0. The van der Waals surface area contributed by atoms with Crippen molar-refractivity contribution >= 4 is 12.1 Å². The molecule has 0 radical (unpaired) electrons. The average Bonchev–Trinajstić information content (AvgIpc) is 2.25. The van der Waals surface area contributed by atoms with E-state index in [4.69, 9.17) is 9.47 Å². The van der Waals surface area contributed by atoms with Gasteiger partial charge in [-0.2, -0.15) is 0 Å². The smallest absolute Gasteiger partial charge is 0.410 e. The van der Waals surface area contributed by atoms with Gasteiger partial charge in [0.25, 0.3) is 0 Å². The van der Waals surface area contributed by atoms with Gasteiger partial charge < -0.3 is 14.4 Å². The highest BCUT2D eigenvalue weighted by Crippen LogP contribution is 2.30. The van der Waals surface area contributed by atoms with Gasteiger partial charge >= 0.3 is 12.1 Å². The van der Waals surface area contributed by atoms with Crippen molar-refractivity contribution in [1.82, 2.24) is 4.90 Å². The summed E-state index contributed by atoms with van der Waals surface area (Å²) in [7, 11) is 0. The van der Waals surface area contributed by atoms with Crippen molar-refractivity contribution < 1.29 is 23.5 Å². The average molecular weight is 303 g/mol. The first-order valence-corrected chi connectivity index (χ1v) is 7.23. The molecule has 0 aromatic heterocycles. The maximum absolute atomic E-state index is 14.6. The molecule has 5 nitrogen and oxygen atoms in total. The van der Waals surface area contributed by atoms with Crippen LogP contribution in [0.25, 0.3) is 0 Å². The minimum Gasteiger partial charge on any atom is -0.458 e. The first kappa shape index (κ1) is 17.7. The van der Waals surface area contributed by atoms with Crippen molar-refractivity contribution in [2.75, 3.05) is 13.1 Å². The number of likely N-dealkylation sites (tertiary alicyclic amines) is 1. The van der Waals surface area contributed by atoms with Gasteiger partial charge in [-0.3, -0.25) is 0 Å². The van der Waals surface area contributed by atoms with Crippen LogP contribution in [0.4, 0.5) is 9.18 Å². The highest BCUT2D eigenvalue weighted by molar-refractivity contribution is 5.80. The van der Waals surface area contributed by atoms with Crippen LogP contribution in [-0.4, -0.2) is 46.9 Å². The molecule has 0 bridgehead atoms. The molecule has 0 aromatic rings. The zero-order valence-electron chi connectivity index (χ0n) is 13.8. The highest BCUT2D eigenvalue weighted by atomic mass is 19.1. The number of carbonyl (C=O) groups is 2. The third-order valence-corrected chi connectivity index (χ3v) is 2.97. The Balaban J connectivity index is 2.58. The normalized spacial score (nSPS) is 19.1. The molecular weight excluding hydrogens is 277 g/mol. The third kappa shape index (κ3) is 5.52. The second-order valence-corrected chi connectivity index (χ2v) is 7.43. The Hall–Kier alpha value is -1.33. The lowest BCUT2D eigenvalue weighted by Gasteiger charge is -2.36. The van der Waals surface area contributed by atoms with E-state index in [1.807, 2.05) is 0 Å². The Kier molecular flexibility index (Phi) is 4.90. The van der Waals surface area contributed by atoms with Gasteiger partial charge in [-0.25, -0.2) is 14.0 Å². The lowest BCUT2D eigenvalue weighted by molar-refractivity contribution is -0.172. The molecule has 0 spiro atoms. The molecule has 1 amide bonds. The van der Waals surface area contributed by atoms with Crippen molar-refractivity contribution in [3.05, 3.63) is 0 Å². The summed E-state index contributed by atoms with van der Waals surface area (Å²) in [6.45, 7) is 10.7. The van der Waals surface area contributed by atoms with E-state index in [0.29, 0.717) is 0 Å². The first-order chi connectivity index (χ1) is 9.32. The molecule has 0 aromatic carbocycles. The summed E-state index contributed by atoms with van der Waals surface area (Å²) < 4.78 is 25.0. The van der Waals surface area contributed by atoms with E-state index in [-0.39, 0.29) is 25.9 Å². The molecule has 1 fully saturated rings. The fourth-order valence-corrected chi connectivity index (χ4v) is 1.94. The van der Waals surface area contributed by atoms with Crippen LogP contribution in [0.2, 0.25) is 0 Å². The minimum atomic E-state index is -2.02. The topological polar surface area (TPSA) is 55.8 Å². The molecule has 0 saturated carbocycles. The number of carbonyl (C=O) groups excluding carboxylic acids is 2. The van der Waals surface area contributed by atoms with Crippen LogP contribution in [-0.2, 0) is 14.3 Å². The number of esters is 1. The number of halogens is 1. The highest BCUT2D eigenvalue weighted by Gasteiger charge is 2.45. The summed E-state index contributed by atoms with van der Waals surface area (Å²) in [4.78, 5) is 25.2. The van der Waals surface area contributed by atoms with Crippen LogP contribution < -0.4 is 0 Å². The van der Waals surface area contributed by atoms with E-state index in [0.717, 1.165) is 0 Å². The van der Waals surface area contributed by atoms with Crippen LogP contribution >= 0.6 is 0 Å². The maximum atomic E-state index is 14.6. The molecule has 21 heavy (non-hydrogen) atoms. The van der Waals surface area contributed by atoms with Crippen LogP contribution in [0.5, 0.6) is 0 Å². The van der Waals surface area contributed by atoms with Gasteiger partial charge in [-0.1, -0.05) is 0 Å². The number of amides is 1. The molecule has 1 aliphatic rings. The van der Waals surface area contributed by atoms with Crippen molar-refractivity contribution in [2.24, 2.45) is 0 Å². The maximum Gasteiger partial charge on any atom is 0.410 e. The van der Waals surface area contributed by atoms with Gasteiger partial charge in [0.15, 0.2) is 0 Å². The van der Waals surface area contributed by atoms with E-state index in [1.165, 1.54) is 4.90 Å². The lowest BCUT2D eigenvalue weighted by Crippen LogP contribution is -2.51. The number of alkyl halides is 1. The van der Waals surface area contributed by atoms with E-state index in [1.54, 1.807) is 41.5 Å². The van der Waals surface area contributed by atoms with E-state index in [2.05, 4.69) is 0 Å². The number of hydrogen-bond acceptors (Lipinski definition) is 4. The fourth-order valence-electron chi connectivity index (χ4n) is 1.94. The zero-order chi connectivity index (χ0) is 16.5. The van der Waals surface area contributed by atoms with Crippen LogP contribution in [0.1, 0.15) is 54.4 Å². The lowest BCUT2D eigenvalue weighted by atomic mass is 9.93. The summed E-state index contributed by atoms with van der Waals surface area (Å²) in [5, 5.41) is 0. The quantitative estimate of drug-likeness (QED) is 0.699. The first-order valence-electron chi connectivity index (χ1n) is 7.23. The Morgan fingerprint density at radius 2 is 1.38 bits per heavy atom. The summed E-state index contributed by atoms with van der Waals surface area (Å²) in [5.41, 5.74) is -3.34. The van der Waals surface area contributed by atoms with Gasteiger partial charge in [-0.05, 0) is 41.5 Å². The molecule has 1 saturated heterocycles. The second-order valence-electron chi connectivity index (χ2n) is 7.43. The Morgan fingerprint density at radius 3 is 1.76 bits per heavy atom. The SMILES string of the molecule is CC(C)(C)OC(=O)N1CCC(F)(C(=O)OC(C)(C)C)CC1. The molecule has 122 valence electrons. The largest absolute Gasteiger partial charge is 0.458 e. The van der Waals surface area contributed by atoms with Crippen LogP contribution in [0, 0.1) is 0 Å². The van der Waals surface area contributed by atoms with E-state index >= 15 is 0 Å².